The van der Waals surface area contributed by atoms with Crippen LogP contribution in [0.4, 0.5) is 5.69 Å². The fraction of sp³-hybridized carbons (Fsp3) is 0.579. The predicted octanol–water partition coefficient (Wildman–Crippen LogP) is 1.44. The van der Waals surface area contributed by atoms with E-state index < -0.39 is 17.0 Å². The number of benzene rings is 1. The summed E-state index contributed by atoms with van der Waals surface area (Å²) in [6.07, 6.45) is 1.03. The van der Waals surface area contributed by atoms with Gasteiger partial charge in [-0.25, -0.2) is 0 Å². The minimum Gasteiger partial charge on any atom is -0.378 e. The molecule has 1 heterocycles. The Balaban J connectivity index is 1.65. The summed E-state index contributed by atoms with van der Waals surface area (Å²) in [6.45, 7) is 7.02. The molecule has 0 spiro atoms. The van der Waals surface area contributed by atoms with Crippen LogP contribution in [-0.2, 0) is 14.3 Å². The Kier molecular flexibility index (Phi) is 4.60. The standard InChI is InChI=1S/C19H27N3O3/c1-4-25-15-12-19(20,18(15,2)3)17(24)21-14-10-11-22(16(14)23)13-8-6-5-7-9-13/h5-9,14-15H,4,10-12,20H2,1-3H3,(H,21,24). The van der Waals surface area contributed by atoms with Crippen molar-refractivity contribution in [1.29, 1.82) is 0 Å². The second kappa shape index (κ2) is 6.42. The third kappa shape index (κ3) is 2.83. The van der Waals surface area contributed by atoms with Crippen LogP contribution in [0.2, 0.25) is 0 Å². The first-order valence-electron chi connectivity index (χ1n) is 8.89. The number of carbonyl (C=O) groups excluding carboxylic acids is 2. The minimum atomic E-state index is -1.01. The highest BCUT2D eigenvalue weighted by Gasteiger charge is 2.63. The first-order chi connectivity index (χ1) is 11.8. The maximum absolute atomic E-state index is 12.8. The van der Waals surface area contributed by atoms with Gasteiger partial charge in [-0.3, -0.25) is 9.59 Å². The van der Waals surface area contributed by atoms with E-state index in [9.17, 15) is 9.59 Å². The molecule has 2 fully saturated rings. The number of anilines is 1. The van der Waals surface area contributed by atoms with Crippen LogP contribution < -0.4 is 16.0 Å². The van der Waals surface area contributed by atoms with Crippen molar-refractivity contribution in [2.24, 2.45) is 11.1 Å². The van der Waals surface area contributed by atoms with Crippen molar-refractivity contribution in [3.63, 3.8) is 0 Å². The van der Waals surface area contributed by atoms with Crippen molar-refractivity contribution in [1.82, 2.24) is 5.32 Å². The van der Waals surface area contributed by atoms with Crippen LogP contribution in [-0.4, -0.2) is 42.7 Å². The van der Waals surface area contributed by atoms with Gasteiger partial charge in [-0.2, -0.15) is 0 Å². The van der Waals surface area contributed by atoms with Gasteiger partial charge in [-0.1, -0.05) is 32.0 Å². The Bertz CT molecular complexity index is 661. The minimum absolute atomic E-state index is 0.0339. The van der Waals surface area contributed by atoms with Crippen molar-refractivity contribution in [2.75, 3.05) is 18.1 Å². The fourth-order valence-electron chi connectivity index (χ4n) is 3.79. The van der Waals surface area contributed by atoms with Crippen LogP contribution in [0.3, 0.4) is 0 Å². The van der Waals surface area contributed by atoms with Crippen LogP contribution in [0.25, 0.3) is 0 Å². The highest BCUT2D eigenvalue weighted by atomic mass is 16.5. The van der Waals surface area contributed by atoms with Gasteiger partial charge in [0.05, 0.1) is 6.10 Å². The number of nitrogens with one attached hydrogen (secondary N) is 1. The smallest absolute Gasteiger partial charge is 0.249 e. The van der Waals surface area contributed by atoms with E-state index in [-0.39, 0.29) is 17.9 Å². The lowest BCUT2D eigenvalue weighted by atomic mass is 9.54. The van der Waals surface area contributed by atoms with Gasteiger partial charge < -0.3 is 20.7 Å². The highest BCUT2D eigenvalue weighted by molar-refractivity contribution is 6.02. The van der Waals surface area contributed by atoms with Gasteiger partial charge in [0.25, 0.3) is 0 Å². The van der Waals surface area contributed by atoms with Crippen molar-refractivity contribution in [3.05, 3.63) is 30.3 Å². The van der Waals surface area contributed by atoms with Crippen molar-refractivity contribution < 1.29 is 14.3 Å². The summed E-state index contributed by atoms with van der Waals surface area (Å²) in [5.41, 5.74) is 5.78. The van der Waals surface area contributed by atoms with Crippen molar-refractivity contribution in [2.45, 2.75) is 51.3 Å². The molecule has 1 aliphatic carbocycles. The van der Waals surface area contributed by atoms with Gasteiger partial charge in [-0.05, 0) is 25.5 Å². The van der Waals surface area contributed by atoms with E-state index in [0.29, 0.717) is 26.0 Å². The molecule has 2 amide bonds. The van der Waals surface area contributed by atoms with Crippen LogP contribution in [0.5, 0.6) is 0 Å². The number of amides is 2. The number of ether oxygens (including phenoxy) is 1. The third-order valence-corrected chi connectivity index (χ3v) is 5.81. The molecule has 3 N–H and O–H groups in total. The lowest BCUT2D eigenvalue weighted by molar-refractivity contribution is -0.171. The number of rotatable bonds is 5. The van der Waals surface area contributed by atoms with Crippen LogP contribution in [0.1, 0.15) is 33.6 Å². The van der Waals surface area contributed by atoms with Gasteiger partial charge in [-0.15, -0.1) is 0 Å². The predicted molar refractivity (Wildman–Crippen MR) is 96.1 cm³/mol. The van der Waals surface area contributed by atoms with Crippen LogP contribution >= 0.6 is 0 Å². The van der Waals surface area contributed by atoms with E-state index in [4.69, 9.17) is 10.5 Å². The molecular weight excluding hydrogens is 318 g/mol. The summed E-state index contributed by atoms with van der Waals surface area (Å²) in [6, 6.07) is 8.98. The Hall–Kier alpha value is -1.92. The average molecular weight is 345 g/mol. The number of hydrogen-bond acceptors (Lipinski definition) is 4. The number of hydrogen-bond donors (Lipinski definition) is 2. The fourth-order valence-corrected chi connectivity index (χ4v) is 3.79. The molecule has 1 saturated carbocycles. The van der Waals surface area contributed by atoms with E-state index in [1.165, 1.54) is 0 Å². The first kappa shape index (κ1) is 17.9. The van der Waals surface area contributed by atoms with Gasteiger partial charge in [0.1, 0.15) is 11.6 Å². The lowest BCUT2D eigenvalue weighted by Gasteiger charge is -2.57. The molecule has 1 aromatic rings. The van der Waals surface area contributed by atoms with E-state index in [2.05, 4.69) is 5.32 Å². The maximum atomic E-state index is 12.8. The monoisotopic (exact) mass is 345 g/mol. The Morgan fingerprint density at radius 1 is 1.36 bits per heavy atom. The summed E-state index contributed by atoms with van der Waals surface area (Å²) < 4.78 is 5.67. The Morgan fingerprint density at radius 3 is 2.64 bits per heavy atom. The second-order valence-electron chi connectivity index (χ2n) is 7.48. The Labute approximate surface area is 148 Å². The molecule has 136 valence electrons. The first-order valence-corrected chi connectivity index (χ1v) is 8.89. The van der Waals surface area contributed by atoms with E-state index in [1.54, 1.807) is 4.90 Å². The molecule has 3 atom stereocenters. The quantitative estimate of drug-likeness (QED) is 0.846. The zero-order chi connectivity index (χ0) is 18.2. The molecule has 3 rings (SSSR count). The third-order valence-electron chi connectivity index (χ3n) is 5.81. The zero-order valence-corrected chi connectivity index (χ0v) is 15.1. The molecular formula is C19H27N3O3. The molecule has 3 unspecified atom stereocenters. The van der Waals surface area contributed by atoms with E-state index in [1.807, 2.05) is 51.1 Å². The van der Waals surface area contributed by atoms with Gasteiger partial charge in [0.2, 0.25) is 11.8 Å². The molecule has 0 aromatic heterocycles. The molecule has 25 heavy (non-hydrogen) atoms. The Morgan fingerprint density at radius 2 is 2.04 bits per heavy atom. The number of nitrogens with two attached hydrogens (primary N) is 1. The average Bonchev–Trinajstić information content (AvgIpc) is 2.96. The molecule has 6 heteroatoms. The van der Waals surface area contributed by atoms with Crippen molar-refractivity contribution in [3.8, 4) is 0 Å². The van der Waals surface area contributed by atoms with Crippen LogP contribution in [0.15, 0.2) is 30.3 Å². The second-order valence-corrected chi connectivity index (χ2v) is 7.48. The summed E-state index contributed by atoms with van der Waals surface area (Å²) in [7, 11) is 0. The summed E-state index contributed by atoms with van der Waals surface area (Å²) in [5, 5.41) is 2.88. The summed E-state index contributed by atoms with van der Waals surface area (Å²) >= 11 is 0. The maximum Gasteiger partial charge on any atom is 0.249 e. The van der Waals surface area contributed by atoms with Gasteiger partial charge in [0, 0.05) is 30.7 Å². The number of para-hydroxylation sites is 1. The number of carbonyl (C=O) groups is 2. The SMILES string of the molecule is CCOC1CC(N)(C(=O)NC2CCN(c3ccccc3)C2=O)C1(C)C. The van der Waals surface area contributed by atoms with Gasteiger partial charge >= 0.3 is 0 Å². The lowest BCUT2D eigenvalue weighted by Crippen LogP contribution is -2.76. The van der Waals surface area contributed by atoms with E-state index >= 15 is 0 Å². The molecule has 1 aromatic carbocycles. The molecule has 1 saturated heterocycles. The zero-order valence-electron chi connectivity index (χ0n) is 15.1. The summed E-state index contributed by atoms with van der Waals surface area (Å²) in [4.78, 5) is 27.2. The topological polar surface area (TPSA) is 84.7 Å². The molecule has 1 aliphatic heterocycles. The largest absolute Gasteiger partial charge is 0.378 e. The highest BCUT2D eigenvalue weighted by Crippen LogP contribution is 2.49. The molecule has 0 bridgehead atoms. The number of nitrogens with zero attached hydrogens (tertiary/aromatic N) is 1. The van der Waals surface area contributed by atoms with Crippen LogP contribution in [0, 0.1) is 5.41 Å². The van der Waals surface area contributed by atoms with Crippen molar-refractivity contribution >= 4 is 17.5 Å². The summed E-state index contributed by atoms with van der Waals surface area (Å²) in [5.74, 6) is -0.344. The normalized spacial score (nSPS) is 30.9. The molecule has 2 aliphatic rings. The van der Waals surface area contributed by atoms with E-state index in [0.717, 1.165) is 5.69 Å². The molecule has 0 radical (unpaired) electrons. The van der Waals surface area contributed by atoms with Gasteiger partial charge in [0.15, 0.2) is 0 Å². The molecule has 6 nitrogen and oxygen atoms in total.